The van der Waals surface area contributed by atoms with Crippen molar-refractivity contribution >= 4 is 33.8 Å². The minimum atomic E-state index is 0.0112. The van der Waals surface area contributed by atoms with Crippen molar-refractivity contribution in [2.75, 3.05) is 23.3 Å². The minimum absolute atomic E-state index is 0.0112. The molecule has 0 aliphatic carbocycles. The molecule has 0 radical (unpaired) electrons. The topological polar surface area (TPSA) is 62.5 Å². The lowest BCUT2D eigenvalue weighted by Gasteiger charge is -2.18. The lowest BCUT2D eigenvalue weighted by Crippen LogP contribution is -2.19. The predicted molar refractivity (Wildman–Crippen MR) is 129 cm³/mol. The van der Waals surface area contributed by atoms with Gasteiger partial charge in [-0.25, -0.2) is 9.50 Å². The van der Waals surface area contributed by atoms with E-state index in [0.29, 0.717) is 12.8 Å². The summed E-state index contributed by atoms with van der Waals surface area (Å²) in [6.45, 7) is 8.57. The van der Waals surface area contributed by atoms with Crippen LogP contribution >= 0.6 is 0 Å². The summed E-state index contributed by atoms with van der Waals surface area (Å²) in [7, 11) is 0. The Hall–Kier alpha value is -3.41. The Bertz CT molecular complexity index is 1290. The van der Waals surface area contributed by atoms with E-state index in [1.54, 1.807) is 0 Å². The van der Waals surface area contributed by atoms with E-state index in [0.717, 1.165) is 58.2 Å². The summed E-state index contributed by atoms with van der Waals surface area (Å²) < 4.78 is 1.91. The third-order valence-electron chi connectivity index (χ3n) is 6.56. The molecule has 0 bridgehead atoms. The van der Waals surface area contributed by atoms with E-state index in [4.69, 9.17) is 10.1 Å². The molecule has 4 aromatic rings. The van der Waals surface area contributed by atoms with Crippen LogP contribution in [0.25, 0.3) is 16.6 Å². The van der Waals surface area contributed by atoms with Crippen molar-refractivity contribution in [3.63, 3.8) is 0 Å². The normalized spacial score (nSPS) is 16.2. The smallest absolute Gasteiger partial charge is 0.224 e. The molecule has 6 heteroatoms. The van der Waals surface area contributed by atoms with Gasteiger partial charge in [0.15, 0.2) is 5.65 Å². The number of anilines is 2. The largest absolute Gasteiger partial charge is 0.371 e. The van der Waals surface area contributed by atoms with Gasteiger partial charge >= 0.3 is 0 Å². The number of hydrogen-bond acceptors (Lipinski definition) is 4. The number of hydrogen-bond donors (Lipinski definition) is 1. The first-order chi connectivity index (χ1) is 15.5. The molecule has 1 aliphatic rings. The fraction of sp³-hybridized carbons (Fsp3) is 0.346. The van der Waals surface area contributed by atoms with E-state index in [2.05, 4.69) is 36.2 Å². The van der Waals surface area contributed by atoms with Gasteiger partial charge in [0.05, 0.1) is 5.52 Å². The average molecular weight is 428 g/mol. The second kappa shape index (κ2) is 8.26. The average Bonchev–Trinajstić information content (AvgIpc) is 3.38. The van der Waals surface area contributed by atoms with Crippen molar-refractivity contribution in [1.82, 2.24) is 14.6 Å². The first-order valence-corrected chi connectivity index (χ1v) is 11.4. The number of carbonyl (C=O) groups is 1. The summed E-state index contributed by atoms with van der Waals surface area (Å²) in [5, 5.41) is 8.79. The Labute approximate surface area is 188 Å². The van der Waals surface area contributed by atoms with Gasteiger partial charge in [0.25, 0.3) is 0 Å². The van der Waals surface area contributed by atoms with Gasteiger partial charge in [0.1, 0.15) is 0 Å². The summed E-state index contributed by atoms with van der Waals surface area (Å²) in [6, 6.07) is 16.2. The fourth-order valence-corrected chi connectivity index (χ4v) is 4.73. The van der Waals surface area contributed by atoms with Crippen molar-refractivity contribution in [3.05, 3.63) is 65.5 Å². The molecule has 1 aliphatic heterocycles. The summed E-state index contributed by atoms with van der Waals surface area (Å²) in [6.07, 6.45) is 2.28. The summed E-state index contributed by atoms with van der Waals surface area (Å²) in [5.41, 5.74) is 6.95. The van der Waals surface area contributed by atoms with Gasteiger partial charge in [-0.1, -0.05) is 19.1 Å². The highest BCUT2D eigenvalue weighted by Crippen LogP contribution is 2.25. The molecule has 164 valence electrons. The van der Waals surface area contributed by atoms with E-state index in [1.165, 1.54) is 12.1 Å². The van der Waals surface area contributed by atoms with Crippen LogP contribution < -0.4 is 10.2 Å². The maximum absolute atomic E-state index is 12.6. The van der Waals surface area contributed by atoms with Crippen molar-refractivity contribution < 1.29 is 4.79 Å². The minimum Gasteiger partial charge on any atom is -0.371 e. The quantitative estimate of drug-likeness (QED) is 0.491. The molecule has 32 heavy (non-hydrogen) atoms. The number of rotatable bonds is 5. The number of nitrogens with one attached hydrogen (secondary N) is 1. The monoisotopic (exact) mass is 427 g/mol. The van der Waals surface area contributed by atoms with Crippen molar-refractivity contribution in [2.45, 2.75) is 40.0 Å². The van der Waals surface area contributed by atoms with Gasteiger partial charge in [-0.2, -0.15) is 5.10 Å². The number of carbonyl (C=O) groups excluding carboxylic acids is 1. The SMILES string of the molecule is Cc1nc2c3ccccc3nn2c(C)c1CCC(=O)Nc1ccc(N2CCC(C)C2)cc1. The number of fused-ring (bicyclic) bond motifs is 3. The standard InChI is InChI=1S/C26H29N5O/c1-17-14-15-30(16-17)21-10-8-20(9-11-21)28-25(32)13-12-22-18(2)27-26-23-6-4-5-7-24(23)29-31(26)19(22)3/h4-11,17H,12-16H2,1-3H3,(H,28,32). The molecule has 0 spiro atoms. The summed E-state index contributed by atoms with van der Waals surface area (Å²) in [5.74, 6) is 0.757. The molecule has 2 aromatic heterocycles. The number of amides is 1. The number of nitrogens with zero attached hydrogens (tertiary/aromatic N) is 4. The van der Waals surface area contributed by atoms with Crippen molar-refractivity contribution in [1.29, 1.82) is 0 Å². The third-order valence-corrected chi connectivity index (χ3v) is 6.56. The molecule has 1 unspecified atom stereocenters. The van der Waals surface area contributed by atoms with E-state index in [1.807, 2.05) is 47.8 Å². The molecule has 3 heterocycles. The zero-order chi connectivity index (χ0) is 22.2. The molecular weight excluding hydrogens is 398 g/mol. The molecule has 6 nitrogen and oxygen atoms in total. The van der Waals surface area contributed by atoms with Crippen molar-refractivity contribution in [2.24, 2.45) is 5.92 Å². The van der Waals surface area contributed by atoms with E-state index in [9.17, 15) is 4.79 Å². The maximum Gasteiger partial charge on any atom is 0.224 e. The molecular formula is C26H29N5O. The summed E-state index contributed by atoms with van der Waals surface area (Å²) >= 11 is 0. The molecule has 1 N–H and O–H groups in total. The fourth-order valence-electron chi connectivity index (χ4n) is 4.73. The number of benzene rings is 2. The summed E-state index contributed by atoms with van der Waals surface area (Å²) in [4.78, 5) is 19.8. The number of aryl methyl sites for hydroxylation is 2. The van der Waals surface area contributed by atoms with Gasteiger partial charge in [-0.3, -0.25) is 4.79 Å². The highest BCUT2D eigenvalue weighted by Gasteiger charge is 2.19. The maximum atomic E-state index is 12.6. The second-order valence-corrected chi connectivity index (χ2v) is 8.95. The van der Waals surface area contributed by atoms with E-state index >= 15 is 0 Å². The Kier molecular flexibility index (Phi) is 5.29. The van der Waals surface area contributed by atoms with Crippen LogP contribution in [0.4, 0.5) is 11.4 Å². The molecule has 1 atom stereocenters. The highest BCUT2D eigenvalue weighted by atomic mass is 16.1. The Morgan fingerprint density at radius 1 is 1.12 bits per heavy atom. The molecule has 1 saturated heterocycles. The Morgan fingerprint density at radius 3 is 2.66 bits per heavy atom. The Balaban J connectivity index is 1.27. The first-order valence-electron chi connectivity index (χ1n) is 11.4. The first kappa shape index (κ1) is 20.5. The van der Waals surface area contributed by atoms with Crippen LogP contribution in [0, 0.1) is 19.8 Å². The number of aromatic nitrogens is 3. The lowest BCUT2D eigenvalue weighted by atomic mass is 10.1. The van der Waals surface area contributed by atoms with E-state index in [-0.39, 0.29) is 5.91 Å². The Morgan fingerprint density at radius 2 is 1.91 bits per heavy atom. The van der Waals surface area contributed by atoms with Crippen LogP contribution in [-0.4, -0.2) is 33.6 Å². The van der Waals surface area contributed by atoms with Gasteiger partial charge in [0.2, 0.25) is 5.91 Å². The zero-order valence-electron chi connectivity index (χ0n) is 18.9. The van der Waals surface area contributed by atoms with Crippen LogP contribution in [0.3, 0.4) is 0 Å². The zero-order valence-corrected chi connectivity index (χ0v) is 18.9. The highest BCUT2D eigenvalue weighted by molar-refractivity contribution is 5.92. The van der Waals surface area contributed by atoms with Gasteiger partial charge in [0, 0.05) is 47.7 Å². The van der Waals surface area contributed by atoms with Crippen LogP contribution in [-0.2, 0) is 11.2 Å². The van der Waals surface area contributed by atoms with E-state index < -0.39 is 0 Å². The van der Waals surface area contributed by atoms with Gasteiger partial charge in [-0.15, -0.1) is 0 Å². The predicted octanol–water partition coefficient (Wildman–Crippen LogP) is 4.92. The lowest BCUT2D eigenvalue weighted by molar-refractivity contribution is -0.116. The second-order valence-electron chi connectivity index (χ2n) is 8.95. The van der Waals surface area contributed by atoms with Crippen LogP contribution in [0.5, 0.6) is 0 Å². The molecule has 5 rings (SSSR count). The van der Waals surface area contributed by atoms with Crippen LogP contribution in [0.1, 0.15) is 36.7 Å². The molecule has 2 aromatic carbocycles. The van der Waals surface area contributed by atoms with Crippen LogP contribution in [0.2, 0.25) is 0 Å². The molecule has 1 amide bonds. The third kappa shape index (κ3) is 3.81. The van der Waals surface area contributed by atoms with Crippen molar-refractivity contribution in [3.8, 4) is 0 Å². The van der Waals surface area contributed by atoms with Gasteiger partial charge < -0.3 is 10.2 Å². The molecule has 0 saturated carbocycles. The molecule has 1 fully saturated rings. The van der Waals surface area contributed by atoms with Crippen LogP contribution in [0.15, 0.2) is 48.5 Å². The van der Waals surface area contributed by atoms with Gasteiger partial charge in [-0.05, 0) is 74.6 Å².